The van der Waals surface area contributed by atoms with Crippen molar-refractivity contribution in [3.05, 3.63) is 30.3 Å². The molecule has 3 aliphatic heterocycles. The van der Waals surface area contributed by atoms with E-state index >= 15 is 0 Å². The summed E-state index contributed by atoms with van der Waals surface area (Å²) in [4.78, 5) is 13.3. The molecule has 38 heavy (non-hydrogen) atoms. The van der Waals surface area contributed by atoms with Crippen LogP contribution in [0.2, 0.25) is 0 Å². The van der Waals surface area contributed by atoms with E-state index in [-0.39, 0.29) is 11.9 Å². The van der Waals surface area contributed by atoms with E-state index in [9.17, 15) is 13.2 Å². The Balaban J connectivity index is 0.973. The largest absolute Gasteiger partial charge is 0.355 e. The Kier molecular flexibility index (Phi) is 9.45. The van der Waals surface area contributed by atoms with Crippen molar-refractivity contribution in [1.82, 2.24) is 20.3 Å². The Morgan fingerprint density at radius 1 is 1.00 bits per heavy atom. The lowest BCUT2D eigenvalue weighted by molar-refractivity contribution is -0.122. The number of carbonyl (C=O) groups is 1. The van der Waals surface area contributed by atoms with Crippen molar-refractivity contribution >= 4 is 15.9 Å². The van der Waals surface area contributed by atoms with E-state index in [2.05, 4.69) is 16.0 Å². The zero-order chi connectivity index (χ0) is 26.4. The van der Waals surface area contributed by atoms with Crippen LogP contribution in [0.5, 0.6) is 0 Å². The van der Waals surface area contributed by atoms with Crippen LogP contribution in [-0.4, -0.2) is 62.4 Å². The van der Waals surface area contributed by atoms with Gasteiger partial charge in [0.15, 0.2) is 0 Å². The van der Waals surface area contributed by atoms with E-state index in [1.807, 2.05) is 6.07 Å². The van der Waals surface area contributed by atoms with Crippen LogP contribution in [0, 0.1) is 11.8 Å². The number of fused-ring (bicyclic) bond motifs is 1. The highest BCUT2D eigenvalue weighted by Gasteiger charge is 2.45. The summed E-state index contributed by atoms with van der Waals surface area (Å²) < 4.78 is 27.3. The molecule has 7 nitrogen and oxygen atoms in total. The van der Waals surface area contributed by atoms with Crippen LogP contribution in [-0.2, 0) is 14.8 Å². The molecule has 0 bridgehead atoms. The van der Waals surface area contributed by atoms with Crippen molar-refractivity contribution in [2.45, 2.75) is 112 Å². The highest BCUT2D eigenvalue weighted by Crippen LogP contribution is 2.38. The minimum absolute atomic E-state index is 0.0496. The number of sulfonamides is 1. The molecular weight excluding hydrogens is 496 g/mol. The molecule has 3 N–H and O–H groups in total. The van der Waals surface area contributed by atoms with Crippen molar-refractivity contribution in [3.63, 3.8) is 0 Å². The van der Waals surface area contributed by atoms with Crippen LogP contribution in [0.15, 0.2) is 35.2 Å². The second kappa shape index (κ2) is 12.8. The van der Waals surface area contributed by atoms with Gasteiger partial charge in [0, 0.05) is 37.8 Å². The van der Waals surface area contributed by atoms with Gasteiger partial charge in [-0.05, 0) is 68.9 Å². The van der Waals surface area contributed by atoms with Gasteiger partial charge in [0.05, 0.1) is 10.9 Å². The molecule has 4 fully saturated rings. The fourth-order valence-electron chi connectivity index (χ4n) is 7.44. The predicted octanol–water partition coefficient (Wildman–Crippen LogP) is 4.20. The topological polar surface area (TPSA) is 90.5 Å². The highest BCUT2D eigenvalue weighted by atomic mass is 32.2. The van der Waals surface area contributed by atoms with Crippen molar-refractivity contribution in [3.8, 4) is 0 Å². The quantitative estimate of drug-likeness (QED) is 0.427. The van der Waals surface area contributed by atoms with Gasteiger partial charge >= 0.3 is 0 Å². The number of rotatable bonds is 8. The Hall–Kier alpha value is -1.48. The second-order valence-corrected chi connectivity index (χ2v) is 14.3. The number of unbranched alkanes of at least 4 members (excludes halogenated alkanes) is 1. The second-order valence-electron chi connectivity index (χ2n) is 12.4. The summed E-state index contributed by atoms with van der Waals surface area (Å²) in [5, 5.41) is 10.8. The smallest absolute Gasteiger partial charge is 0.243 e. The lowest BCUT2D eigenvalue weighted by Gasteiger charge is -2.45. The van der Waals surface area contributed by atoms with E-state index in [1.165, 1.54) is 51.4 Å². The Morgan fingerprint density at radius 2 is 1.71 bits per heavy atom. The summed E-state index contributed by atoms with van der Waals surface area (Å²) in [6.07, 6.45) is 16.5. The fourth-order valence-corrected chi connectivity index (χ4v) is 8.93. The Labute approximate surface area is 229 Å². The lowest BCUT2D eigenvalue weighted by Crippen LogP contribution is -2.57. The van der Waals surface area contributed by atoms with E-state index in [1.54, 1.807) is 28.6 Å². The first-order valence-corrected chi connectivity index (χ1v) is 16.7. The van der Waals surface area contributed by atoms with Gasteiger partial charge in [0.25, 0.3) is 0 Å². The van der Waals surface area contributed by atoms with Gasteiger partial charge in [-0.15, -0.1) is 0 Å². The third kappa shape index (κ3) is 6.80. The van der Waals surface area contributed by atoms with Crippen LogP contribution in [0.1, 0.15) is 89.9 Å². The first-order chi connectivity index (χ1) is 18.5. The summed E-state index contributed by atoms with van der Waals surface area (Å²) in [7, 11) is -3.38. The average molecular weight is 545 g/mol. The summed E-state index contributed by atoms with van der Waals surface area (Å²) in [6.45, 7) is 2.98. The average Bonchev–Trinajstić information content (AvgIpc) is 3.35. The molecule has 1 spiro atoms. The third-order valence-electron chi connectivity index (χ3n) is 9.79. The number of nitrogens with zero attached hydrogens (tertiary/aromatic N) is 1. The van der Waals surface area contributed by atoms with Crippen LogP contribution in [0.25, 0.3) is 0 Å². The molecule has 3 heterocycles. The first kappa shape index (κ1) is 28.1. The Morgan fingerprint density at radius 3 is 2.45 bits per heavy atom. The summed E-state index contributed by atoms with van der Waals surface area (Å²) in [5.41, 5.74) is 0.293. The molecule has 1 saturated carbocycles. The van der Waals surface area contributed by atoms with E-state index in [0.29, 0.717) is 41.4 Å². The molecular formula is C30H48N4O3S. The minimum Gasteiger partial charge on any atom is -0.355 e. The minimum atomic E-state index is -3.38. The van der Waals surface area contributed by atoms with Crippen molar-refractivity contribution < 1.29 is 13.2 Å². The van der Waals surface area contributed by atoms with E-state index in [4.69, 9.17) is 0 Å². The number of nitrogens with one attached hydrogen (secondary N) is 3. The van der Waals surface area contributed by atoms with E-state index in [0.717, 1.165) is 51.6 Å². The molecule has 1 amide bonds. The molecule has 4 aliphatic rings. The maximum atomic E-state index is 12.9. The first-order valence-electron chi connectivity index (χ1n) is 15.3. The van der Waals surface area contributed by atoms with Gasteiger partial charge in [-0.1, -0.05) is 63.1 Å². The zero-order valence-electron chi connectivity index (χ0n) is 23.0. The summed E-state index contributed by atoms with van der Waals surface area (Å²) in [5.74, 6) is 1.31. The molecule has 0 radical (unpaired) electrons. The van der Waals surface area contributed by atoms with Gasteiger partial charge < -0.3 is 16.0 Å². The number of hydrogen-bond donors (Lipinski definition) is 3. The maximum absolute atomic E-state index is 12.9. The standard InChI is InChI=1S/C30H48N4O3S/c35-29(27-21-25-23-32-30(22-28(25)33-27)16-8-2-1-3-9-17-30)31-18-10-7-11-24-14-19-34(20-15-24)38(36,37)26-12-5-4-6-13-26/h4-6,12-13,24-25,27-28,32-33H,1-3,7-11,14-23H2,(H,31,35). The summed E-state index contributed by atoms with van der Waals surface area (Å²) in [6, 6.07) is 9.18. The number of benzene rings is 1. The summed E-state index contributed by atoms with van der Waals surface area (Å²) >= 11 is 0. The lowest BCUT2D eigenvalue weighted by atomic mass is 9.74. The molecule has 0 aromatic heterocycles. The number of amides is 1. The molecule has 1 aliphatic carbocycles. The van der Waals surface area contributed by atoms with Crippen LogP contribution in [0.3, 0.4) is 0 Å². The molecule has 1 aromatic rings. The van der Waals surface area contributed by atoms with Gasteiger partial charge in [-0.25, -0.2) is 8.42 Å². The third-order valence-corrected chi connectivity index (χ3v) is 11.7. The molecule has 3 saturated heterocycles. The van der Waals surface area contributed by atoms with Crippen molar-refractivity contribution in [1.29, 1.82) is 0 Å². The van der Waals surface area contributed by atoms with Crippen molar-refractivity contribution in [2.75, 3.05) is 26.2 Å². The molecule has 1 aromatic carbocycles. The van der Waals surface area contributed by atoms with Crippen LogP contribution >= 0.6 is 0 Å². The molecule has 8 heteroatoms. The molecule has 5 rings (SSSR count). The number of piperidine rings is 2. The molecule has 3 unspecified atom stereocenters. The molecule has 212 valence electrons. The van der Waals surface area contributed by atoms with Gasteiger partial charge in [-0.2, -0.15) is 4.31 Å². The SMILES string of the molecule is O=C(NCCCCC1CCN(S(=O)(=O)c2ccccc2)CC1)C1CC2CNC3(CCCCCCC3)CC2N1. The van der Waals surface area contributed by atoms with Gasteiger partial charge in [0.1, 0.15) is 0 Å². The van der Waals surface area contributed by atoms with Gasteiger partial charge in [0.2, 0.25) is 15.9 Å². The number of hydrogen-bond acceptors (Lipinski definition) is 5. The normalized spacial score (nSPS) is 28.9. The molecule has 3 atom stereocenters. The number of carbonyl (C=O) groups excluding carboxylic acids is 1. The monoisotopic (exact) mass is 544 g/mol. The fraction of sp³-hybridized carbons (Fsp3) is 0.767. The maximum Gasteiger partial charge on any atom is 0.243 e. The zero-order valence-corrected chi connectivity index (χ0v) is 23.8. The van der Waals surface area contributed by atoms with Crippen molar-refractivity contribution in [2.24, 2.45) is 11.8 Å². The Bertz CT molecular complexity index is 1000. The predicted molar refractivity (Wildman–Crippen MR) is 151 cm³/mol. The van der Waals surface area contributed by atoms with Gasteiger partial charge in [-0.3, -0.25) is 4.79 Å². The van der Waals surface area contributed by atoms with Crippen LogP contribution < -0.4 is 16.0 Å². The van der Waals surface area contributed by atoms with Crippen LogP contribution in [0.4, 0.5) is 0 Å². The van der Waals surface area contributed by atoms with E-state index < -0.39 is 10.0 Å². The highest BCUT2D eigenvalue weighted by molar-refractivity contribution is 7.89.